The fourth-order valence-corrected chi connectivity index (χ4v) is 2.82. The zero-order valence-electron chi connectivity index (χ0n) is 14.7. The van der Waals surface area contributed by atoms with E-state index in [-0.39, 0.29) is 23.1 Å². The highest BCUT2D eigenvalue weighted by Crippen LogP contribution is 2.34. The molecule has 0 saturated heterocycles. The van der Waals surface area contributed by atoms with Crippen LogP contribution in [0.15, 0.2) is 18.2 Å². The quantitative estimate of drug-likeness (QED) is 0.842. The summed E-state index contributed by atoms with van der Waals surface area (Å²) in [6.07, 6.45) is -4.06. The van der Waals surface area contributed by atoms with Crippen LogP contribution in [0.3, 0.4) is 0 Å². The molecular weight excluding hydrogens is 351 g/mol. The number of carboxylic acid groups (broad SMARTS) is 1. The predicted molar refractivity (Wildman–Crippen MR) is 89.0 cm³/mol. The van der Waals surface area contributed by atoms with Crippen molar-refractivity contribution in [3.05, 3.63) is 29.6 Å². The maximum Gasteiger partial charge on any atom is 0.449 e. The van der Waals surface area contributed by atoms with Crippen molar-refractivity contribution in [1.29, 1.82) is 0 Å². The van der Waals surface area contributed by atoms with E-state index in [1.165, 1.54) is 18.2 Å². The summed E-state index contributed by atoms with van der Waals surface area (Å²) in [7, 11) is 0. The molecule has 0 radical (unpaired) electrons. The summed E-state index contributed by atoms with van der Waals surface area (Å²) in [5.41, 5.74) is 0.419. The summed E-state index contributed by atoms with van der Waals surface area (Å²) in [6, 6.07) is 3.61. The number of carboxylic acids is 1. The number of rotatable bonds is 6. The van der Waals surface area contributed by atoms with Gasteiger partial charge in [0.05, 0.1) is 11.0 Å². The number of halogens is 3. The van der Waals surface area contributed by atoms with Gasteiger partial charge < -0.3 is 14.6 Å². The summed E-state index contributed by atoms with van der Waals surface area (Å²) in [6.45, 7) is 4.79. The van der Waals surface area contributed by atoms with Gasteiger partial charge in [-0.3, -0.25) is 9.59 Å². The van der Waals surface area contributed by atoms with Gasteiger partial charge in [0.25, 0.3) is 5.91 Å². The number of hydrogen-bond donors (Lipinski definition) is 1. The van der Waals surface area contributed by atoms with Crippen molar-refractivity contribution in [3.63, 3.8) is 0 Å². The Morgan fingerprint density at radius 2 is 1.96 bits per heavy atom. The number of carbonyl (C=O) groups is 2. The van der Waals surface area contributed by atoms with Crippen LogP contribution in [0.25, 0.3) is 11.0 Å². The second-order valence-electron chi connectivity index (χ2n) is 6.22. The number of alkyl halides is 3. The Morgan fingerprint density at radius 3 is 2.46 bits per heavy atom. The lowest BCUT2D eigenvalue weighted by atomic mass is 10.1. The smallest absolute Gasteiger partial charge is 0.449 e. The van der Waals surface area contributed by atoms with Crippen LogP contribution >= 0.6 is 0 Å². The molecule has 1 amide bonds. The number of nitrogens with zero attached hydrogens (tertiary/aromatic N) is 3. The van der Waals surface area contributed by atoms with Crippen molar-refractivity contribution in [2.45, 2.75) is 39.4 Å². The highest BCUT2D eigenvalue weighted by Gasteiger charge is 2.38. The average Bonchev–Trinajstić information content (AvgIpc) is 2.92. The summed E-state index contributed by atoms with van der Waals surface area (Å²) >= 11 is 0. The first kappa shape index (κ1) is 19.7. The first-order valence-electron chi connectivity index (χ1n) is 8.16. The molecule has 0 saturated carbocycles. The van der Waals surface area contributed by atoms with Gasteiger partial charge in [-0.05, 0) is 38.5 Å². The minimum atomic E-state index is -4.62. The van der Waals surface area contributed by atoms with Gasteiger partial charge >= 0.3 is 12.1 Å². The molecule has 0 spiro atoms. The van der Waals surface area contributed by atoms with Crippen LogP contribution in [0.1, 0.15) is 49.4 Å². The molecule has 26 heavy (non-hydrogen) atoms. The molecule has 0 fully saturated rings. The van der Waals surface area contributed by atoms with Gasteiger partial charge in [0.1, 0.15) is 6.54 Å². The Morgan fingerprint density at radius 1 is 1.31 bits per heavy atom. The van der Waals surface area contributed by atoms with E-state index in [0.717, 1.165) is 9.47 Å². The maximum atomic E-state index is 13.3. The molecule has 1 N–H and O–H groups in total. The molecular formula is C17H20F3N3O3. The molecule has 2 rings (SSSR count). The lowest BCUT2D eigenvalue weighted by Crippen LogP contribution is -2.36. The van der Waals surface area contributed by atoms with E-state index in [0.29, 0.717) is 6.42 Å². The highest BCUT2D eigenvalue weighted by molar-refractivity contribution is 5.98. The number of hydrogen-bond acceptors (Lipinski definition) is 3. The Hall–Kier alpha value is -2.58. The van der Waals surface area contributed by atoms with Crippen molar-refractivity contribution >= 4 is 22.9 Å². The van der Waals surface area contributed by atoms with Gasteiger partial charge in [0.2, 0.25) is 5.82 Å². The molecule has 0 aliphatic heterocycles. The van der Waals surface area contributed by atoms with Crippen LogP contribution in [-0.2, 0) is 11.0 Å². The molecule has 1 aromatic heterocycles. The number of aliphatic carboxylic acids is 1. The number of imidazole rings is 1. The summed E-state index contributed by atoms with van der Waals surface area (Å²) in [5.74, 6) is -2.73. The SMILES string of the molecule is CCCN(CC(=O)O)C(=O)c1ccc2c(c1)nc(C(F)(F)F)n2C(C)C. The standard InChI is InChI=1S/C17H20F3N3O3/c1-4-7-22(9-14(24)25)15(26)11-5-6-13-12(8-11)21-16(17(18,19)20)23(13)10(2)3/h5-6,8,10H,4,7,9H2,1-3H3,(H,24,25). The van der Waals surface area contributed by atoms with E-state index >= 15 is 0 Å². The van der Waals surface area contributed by atoms with E-state index in [9.17, 15) is 22.8 Å². The van der Waals surface area contributed by atoms with Crippen LogP contribution in [0, 0.1) is 0 Å². The molecule has 6 nitrogen and oxygen atoms in total. The third kappa shape index (κ3) is 3.97. The van der Waals surface area contributed by atoms with Crippen LogP contribution in [0.4, 0.5) is 13.2 Å². The Bertz CT molecular complexity index is 828. The number of carbonyl (C=O) groups excluding carboxylic acids is 1. The van der Waals surface area contributed by atoms with Gasteiger partial charge in [-0.15, -0.1) is 0 Å². The van der Waals surface area contributed by atoms with Crippen molar-refractivity contribution in [1.82, 2.24) is 14.5 Å². The fraction of sp³-hybridized carbons (Fsp3) is 0.471. The molecule has 2 aromatic rings. The fourth-order valence-electron chi connectivity index (χ4n) is 2.82. The van der Waals surface area contributed by atoms with Gasteiger partial charge in [-0.1, -0.05) is 6.92 Å². The maximum absolute atomic E-state index is 13.3. The third-order valence-electron chi connectivity index (χ3n) is 3.81. The van der Waals surface area contributed by atoms with Crippen LogP contribution in [-0.4, -0.2) is 44.5 Å². The van der Waals surface area contributed by atoms with Crippen LogP contribution in [0.2, 0.25) is 0 Å². The molecule has 0 atom stereocenters. The van der Waals surface area contributed by atoms with E-state index < -0.39 is 36.5 Å². The van der Waals surface area contributed by atoms with Gasteiger partial charge in [-0.2, -0.15) is 13.2 Å². The van der Waals surface area contributed by atoms with E-state index in [2.05, 4.69) is 4.98 Å². The Kier molecular flexibility index (Phi) is 5.58. The lowest BCUT2D eigenvalue weighted by Gasteiger charge is -2.20. The number of aromatic nitrogens is 2. The Labute approximate surface area is 148 Å². The molecule has 0 aliphatic carbocycles. The number of fused-ring (bicyclic) bond motifs is 1. The highest BCUT2D eigenvalue weighted by atomic mass is 19.4. The van der Waals surface area contributed by atoms with E-state index in [4.69, 9.17) is 5.11 Å². The first-order chi connectivity index (χ1) is 12.1. The molecule has 1 aromatic carbocycles. The molecule has 1 heterocycles. The molecule has 0 aliphatic rings. The second-order valence-corrected chi connectivity index (χ2v) is 6.22. The Balaban J connectivity index is 2.51. The summed E-state index contributed by atoms with van der Waals surface area (Å²) in [4.78, 5) is 28.3. The molecule has 0 unspecified atom stereocenters. The lowest BCUT2D eigenvalue weighted by molar-refractivity contribution is -0.147. The van der Waals surface area contributed by atoms with Crippen LogP contribution < -0.4 is 0 Å². The topological polar surface area (TPSA) is 75.4 Å². The van der Waals surface area contributed by atoms with E-state index in [1.54, 1.807) is 20.8 Å². The minimum absolute atomic E-state index is 0.0450. The van der Waals surface area contributed by atoms with Crippen molar-refractivity contribution in [3.8, 4) is 0 Å². The third-order valence-corrected chi connectivity index (χ3v) is 3.81. The number of amides is 1. The van der Waals surface area contributed by atoms with Gasteiger partial charge in [0, 0.05) is 18.2 Å². The van der Waals surface area contributed by atoms with Crippen molar-refractivity contribution < 1.29 is 27.9 Å². The minimum Gasteiger partial charge on any atom is -0.480 e. The molecule has 0 bridgehead atoms. The molecule has 9 heteroatoms. The second kappa shape index (κ2) is 7.35. The monoisotopic (exact) mass is 371 g/mol. The van der Waals surface area contributed by atoms with Crippen LogP contribution in [0.5, 0.6) is 0 Å². The summed E-state index contributed by atoms with van der Waals surface area (Å²) in [5, 5.41) is 8.93. The van der Waals surface area contributed by atoms with Crippen molar-refractivity contribution in [2.75, 3.05) is 13.1 Å². The zero-order valence-corrected chi connectivity index (χ0v) is 14.7. The van der Waals surface area contributed by atoms with Gasteiger partial charge in [0.15, 0.2) is 0 Å². The largest absolute Gasteiger partial charge is 0.480 e. The van der Waals surface area contributed by atoms with E-state index in [1.807, 2.05) is 0 Å². The normalized spacial score (nSPS) is 12.0. The zero-order chi connectivity index (χ0) is 19.6. The first-order valence-corrected chi connectivity index (χ1v) is 8.16. The average molecular weight is 371 g/mol. The van der Waals surface area contributed by atoms with Gasteiger partial charge in [-0.25, -0.2) is 4.98 Å². The van der Waals surface area contributed by atoms with Crippen molar-refractivity contribution in [2.24, 2.45) is 0 Å². The molecule has 142 valence electrons. The predicted octanol–water partition coefficient (Wildman–Crippen LogP) is 3.57. The summed E-state index contributed by atoms with van der Waals surface area (Å²) < 4.78 is 40.8. The number of benzene rings is 1.